The van der Waals surface area contributed by atoms with Gasteiger partial charge in [-0.3, -0.25) is 19.1 Å². The standard InChI is InChI=1S/C17H17N5O4/c1-3-26-14(24)9-22-12-7-5-4-6-11(12)15(16(22)25)20-21-17-18-10(2)8-13(23)19-17/h4-8,25H,3,9H2,1-2H3,(H,18,19,23). The molecule has 3 aromatic rings. The van der Waals surface area contributed by atoms with Gasteiger partial charge in [-0.1, -0.05) is 18.2 Å². The number of fused-ring (bicyclic) bond motifs is 1. The smallest absolute Gasteiger partial charge is 0.326 e. The first-order valence-electron chi connectivity index (χ1n) is 7.95. The van der Waals surface area contributed by atoms with Crippen LogP contribution >= 0.6 is 0 Å². The molecular formula is C17H17N5O4. The predicted octanol–water partition coefficient (Wildman–Crippen LogP) is 2.72. The summed E-state index contributed by atoms with van der Waals surface area (Å²) in [6, 6.07) is 8.39. The van der Waals surface area contributed by atoms with Crippen molar-refractivity contribution in [1.29, 1.82) is 0 Å². The van der Waals surface area contributed by atoms with E-state index >= 15 is 0 Å². The molecule has 2 aromatic heterocycles. The Morgan fingerprint density at radius 2 is 2.12 bits per heavy atom. The second-order valence-corrected chi connectivity index (χ2v) is 5.49. The molecule has 9 heteroatoms. The average Bonchev–Trinajstić information content (AvgIpc) is 2.84. The van der Waals surface area contributed by atoms with Gasteiger partial charge in [-0.2, -0.15) is 0 Å². The normalized spacial score (nSPS) is 11.3. The Morgan fingerprint density at radius 1 is 1.35 bits per heavy atom. The third-order valence-corrected chi connectivity index (χ3v) is 3.61. The van der Waals surface area contributed by atoms with E-state index in [4.69, 9.17) is 4.74 Å². The fraction of sp³-hybridized carbons (Fsp3) is 0.235. The maximum absolute atomic E-state index is 11.8. The summed E-state index contributed by atoms with van der Waals surface area (Å²) < 4.78 is 6.34. The van der Waals surface area contributed by atoms with Crippen LogP contribution in [0.15, 0.2) is 45.4 Å². The van der Waals surface area contributed by atoms with Crippen molar-refractivity contribution in [3.8, 4) is 5.88 Å². The Bertz CT molecular complexity index is 1050. The molecule has 9 nitrogen and oxygen atoms in total. The van der Waals surface area contributed by atoms with Gasteiger partial charge in [0.2, 0.25) is 11.8 Å². The van der Waals surface area contributed by atoms with E-state index in [1.54, 1.807) is 38.1 Å². The van der Waals surface area contributed by atoms with Crippen LogP contribution in [0.4, 0.5) is 11.6 Å². The van der Waals surface area contributed by atoms with Gasteiger partial charge in [0.1, 0.15) is 6.54 Å². The van der Waals surface area contributed by atoms with Gasteiger partial charge in [0.25, 0.3) is 5.56 Å². The molecule has 0 amide bonds. The summed E-state index contributed by atoms with van der Waals surface area (Å²) in [5.74, 6) is -0.675. The Kier molecular flexibility index (Phi) is 4.78. The van der Waals surface area contributed by atoms with E-state index in [1.165, 1.54) is 10.6 Å². The van der Waals surface area contributed by atoms with Gasteiger partial charge in [0.15, 0.2) is 5.69 Å². The monoisotopic (exact) mass is 355 g/mol. The number of esters is 1. The number of ether oxygens (including phenoxy) is 1. The molecule has 0 saturated carbocycles. The minimum atomic E-state index is -0.475. The van der Waals surface area contributed by atoms with Crippen molar-refractivity contribution in [3.63, 3.8) is 0 Å². The zero-order valence-corrected chi connectivity index (χ0v) is 14.3. The third-order valence-electron chi connectivity index (χ3n) is 3.61. The van der Waals surface area contributed by atoms with Crippen LogP contribution in [0.1, 0.15) is 12.6 Å². The van der Waals surface area contributed by atoms with Crippen LogP contribution in [-0.4, -0.2) is 32.2 Å². The van der Waals surface area contributed by atoms with Crippen LogP contribution in [0.5, 0.6) is 5.88 Å². The Balaban J connectivity index is 2.05. The number of carbonyl (C=O) groups is 1. The molecular weight excluding hydrogens is 338 g/mol. The number of para-hydroxylation sites is 1. The summed E-state index contributed by atoms with van der Waals surface area (Å²) >= 11 is 0. The number of nitrogens with zero attached hydrogens (tertiary/aromatic N) is 4. The van der Waals surface area contributed by atoms with Crippen LogP contribution in [0.3, 0.4) is 0 Å². The minimum absolute atomic E-state index is 0.0247. The zero-order chi connectivity index (χ0) is 18.7. The molecule has 0 fully saturated rings. The van der Waals surface area contributed by atoms with Crippen molar-refractivity contribution in [2.75, 3.05) is 6.61 Å². The van der Waals surface area contributed by atoms with Crippen LogP contribution in [0.2, 0.25) is 0 Å². The molecule has 3 rings (SSSR count). The van der Waals surface area contributed by atoms with Gasteiger partial charge in [0, 0.05) is 17.1 Å². The van der Waals surface area contributed by atoms with Crippen molar-refractivity contribution in [3.05, 3.63) is 46.4 Å². The number of azo groups is 1. The molecule has 0 bridgehead atoms. The van der Waals surface area contributed by atoms with Crippen LogP contribution < -0.4 is 5.56 Å². The number of hydrogen-bond acceptors (Lipinski definition) is 7. The molecule has 0 aliphatic carbocycles. The first-order valence-corrected chi connectivity index (χ1v) is 7.95. The fourth-order valence-electron chi connectivity index (χ4n) is 2.57. The molecule has 2 heterocycles. The largest absolute Gasteiger partial charge is 0.493 e. The first-order chi connectivity index (χ1) is 12.5. The molecule has 0 radical (unpaired) electrons. The van der Waals surface area contributed by atoms with E-state index in [0.29, 0.717) is 16.6 Å². The number of H-pyrrole nitrogens is 1. The second-order valence-electron chi connectivity index (χ2n) is 5.49. The Morgan fingerprint density at radius 3 is 2.85 bits per heavy atom. The summed E-state index contributed by atoms with van der Waals surface area (Å²) in [4.78, 5) is 29.8. The number of aromatic amines is 1. The lowest BCUT2D eigenvalue weighted by molar-refractivity contribution is -0.143. The highest BCUT2D eigenvalue weighted by Gasteiger charge is 2.18. The molecule has 0 atom stereocenters. The number of aromatic hydroxyl groups is 1. The molecule has 2 N–H and O–H groups in total. The number of rotatable bonds is 5. The summed E-state index contributed by atoms with van der Waals surface area (Å²) in [6.07, 6.45) is 0. The van der Waals surface area contributed by atoms with Crippen molar-refractivity contribution in [1.82, 2.24) is 14.5 Å². The van der Waals surface area contributed by atoms with E-state index in [2.05, 4.69) is 20.2 Å². The summed E-state index contributed by atoms with van der Waals surface area (Å²) in [5.41, 5.74) is 0.934. The molecule has 0 unspecified atom stereocenters. The topological polar surface area (TPSA) is 122 Å². The van der Waals surface area contributed by atoms with Crippen LogP contribution in [0, 0.1) is 6.92 Å². The highest BCUT2D eigenvalue weighted by atomic mass is 16.5. The van der Waals surface area contributed by atoms with Crippen molar-refractivity contribution in [2.24, 2.45) is 10.2 Å². The molecule has 134 valence electrons. The van der Waals surface area contributed by atoms with Crippen LogP contribution in [-0.2, 0) is 16.1 Å². The summed E-state index contributed by atoms with van der Waals surface area (Å²) in [5, 5.41) is 19.1. The summed E-state index contributed by atoms with van der Waals surface area (Å²) in [6.45, 7) is 3.46. The van der Waals surface area contributed by atoms with Gasteiger partial charge in [-0.15, -0.1) is 10.2 Å². The van der Waals surface area contributed by atoms with Gasteiger partial charge in [-0.05, 0) is 19.9 Å². The molecule has 1 aromatic carbocycles. The second kappa shape index (κ2) is 7.18. The lowest BCUT2D eigenvalue weighted by atomic mass is 10.2. The maximum atomic E-state index is 11.8. The molecule has 26 heavy (non-hydrogen) atoms. The SMILES string of the molecule is CCOC(=O)Cn1c(O)c(N=Nc2nc(C)cc(=O)[nH]2)c2ccccc21. The van der Waals surface area contributed by atoms with Crippen molar-refractivity contribution < 1.29 is 14.6 Å². The van der Waals surface area contributed by atoms with E-state index in [9.17, 15) is 14.7 Å². The number of aryl methyl sites for hydroxylation is 1. The quantitative estimate of drug-likeness (QED) is 0.538. The molecule has 0 aliphatic rings. The van der Waals surface area contributed by atoms with Gasteiger partial charge in [0.05, 0.1) is 12.1 Å². The highest BCUT2D eigenvalue weighted by Crippen LogP contribution is 2.39. The molecule has 0 spiro atoms. The van der Waals surface area contributed by atoms with E-state index in [0.717, 1.165) is 0 Å². The van der Waals surface area contributed by atoms with Gasteiger partial charge >= 0.3 is 5.97 Å². The molecule has 0 saturated heterocycles. The fourth-order valence-corrected chi connectivity index (χ4v) is 2.57. The predicted molar refractivity (Wildman–Crippen MR) is 94.0 cm³/mol. The number of aromatic nitrogens is 3. The van der Waals surface area contributed by atoms with Crippen LogP contribution in [0.25, 0.3) is 10.9 Å². The van der Waals surface area contributed by atoms with E-state index in [1.807, 2.05) is 0 Å². The van der Waals surface area contributed by atoms with Crippen molar-refractivity contribution >= 4 is 28.5 Å². The average molecular weight is 355 g/mol. The maximum Gasteiger partial charge on any atom is 0.326 e. The van der Waals surface area contributed by atoms with Gasteiger partial charge < -0.3 is 9.84 Å². The lowest BCUT2D eigenvalue weighted by Gasteiger charge is -2.06. The number of carbonyl (C=O) groups excluding carboxylic acids is 1. The zero-order valence-electron chi connectivity index (χ0n) is 14.3. The summed E-state index contributed by atoms with van der Waals surface area (Å²) in [7, 11) is 0. The van der Waals surface area contributed by atoms with Crippen molar-refractivity contribution in [2.45, 2.75) is 20.4 Å². The molecule has 0 aliphatic heterocycles. The minimum Gasteiger partial charge on any atom is -0.493 e. The number of benzene rings is 1. The van der Waals surface area contributed by atoms with E-state index < -0.39 is 5.97 Å². The van der Waals surface area contributed by atoms with E-state index in [-0.39, 0.29) is 36.2 Å². The highest BCUT2D eigenvalue weighted by molar-refractivity contribution is 5.95. The number of nitrogens with one attached hydrogen (secondary N) is 1. The lowest BCUT2D eigenvalue weighted by Crippen LogP contribution is -2.12. The Hall–Kier alpha value is -3.49. The van der Waals surface area contributed by atoms with Gasteiger partial charge in [-0.25, -0.2) is 4.98 Å². The number of hydrogen-bond donors (Lipinski definition) is 2. The Labute approximate surface area is 148 Å². The third kappa shape index (κ3) is 3.46. The first kappa shape index (κ1) is 17.3.